The third kappa shape index (κ3) is 4.12. The van der Waals surface area contributed by atoms with E-state index in [0.29, 0.717) is 10.8 Å². The van der Waals surface area contributed by atoms with Crippen LogP contribution in [0.3, 0.4) is 0 Å². The van der Waals surface area contributed by atoms with Crippen molar-refractivity contribution >= 4 is 38.9 Å². The lowest BCUT2D eigenvalue weighted by molar-refractivity contribution is 0.601. The van der Waals surface area contributed by atoms with Crippen LogP contribution in [0.2, 0.25) is 5.02 Å². The van der Waals surface area contributed by atoms with Gasteiger partial charge in [-0.1, -0.05) is 23.7 Å². The van der Waals surface area contributed by atoms with Gasteiger partial charge in [0.1, 0.15) is 0 Å². The van der Waals surface area contributed by atoms with Gasteiger partial charge >= 0.3 is 0 Å². The van der Waals surface area contributed by atoms with E-state index in [2.05, 4.69) is 20.2 Å². The summed E-state index contributed by atoms with van der Waals surface area (Å²) in [5.41, 5.74) is 3.20. The molecule has 6 nitrogen and oxygen atoms in total. The molecule has 0 aliphatic rings. The fraction of sp³-hybridized carbons (Fsp3) is 0.111. The summed E-state index contributed by atoms with van der Waals surface area (Å²) in [5.74, 6) is 0.652. The Bertz CT molecular complexity index is 1020. The van der Waals surface area contributed by atoms with Crippen molar-refractivity contribution in [1.82, 2.24) is 10.2 Å². The SMILES string of the molecule is Cc1cccc(Nc2ccc(NS(=O)(=O)c3ccc(Cl)cc3)nn2)c1C. The molecule has 0 atom stereocenters. The summed E-state index contributed by atoms with van der Waals surface area (Å²) in [5, 5.41) is 11.6. The van der Waals surface area contributed by atoms with Crippen LogP contribution in [-0.2, 0) is 10.0 Å². The number of rotatable bonds is 5. The third-order valence-electron chi connectivity index (χ3n) is 3.89. The largest absolute Gasteiger partial charge is 0.339 e. The van der Waals surface area contributed by atoms with Crippen LogP contribution < -0.4 is 10.0 Å². The first-order valence-electron chi connectivity index (χ1n) is 7.80. The summed E-state index contributed by atoms with van der Waals surface area (Å²) in [4.78, 5) is 0.0984. The lowest BCUT2D eigenvalue weighted by Crippen LogP contribution is -2.14. The van der Waals surface area contributed by atoms with E-state index in [-0.39, 0.29) is 10.7 Å². The predicted octanol–water partition coefficient (Wildman–Crippen LogP) is 4.29. The second-order valence-electron chi connectivity index (χ2n) is 5.74. The second-order valence-corrected chi connectivity index (χ2v) is 7.85. The minimum absolute atomic E-state index is 0.0984. The average molecular weight is 389 g/mol. The van der Waals surface area contributed by atoms with Crippen molar-refractivity contribution in [2.45, 2.75) is 18.7 Å². The van der Waals surface area contributed by atoms with Gasteiger partial charge in [0.05, 0.1) is 4.90 Å². The fourth-order valence-corrected chi connectivity index (χ4v) is 3.41. The topological polar surface area (TPSA) is 84.0 Å². The van der Waals surface area contributed by atoms with Crippen LogP contribution in [0.5, 0.6) is 0 Å². The molecule has 8 heteroatoms. The number of anilines is 3. The molecule has 0 bridgehead atoms. The first-order valence-corrected chi connectivity index (χ1v) is 9.66. The van der Waals surface area contributed by atoms with E-state index < -0.39 is 10.0 Å². The third-order valence-corrected chi connectivity index (χ3v) is 5.52. The number of benzene rings is 2. The van der Waals surface area contributed by atoms with E-state index in [4.69, 9.17) is 11.6 Å². The Kier molecular flexibility index (Phi) is 5.11. The van der Waals surface area contributed by atoms with Crippen molar-refractivity contribution in [2.75, 3.05) is 10.0 Å². The van der Waals surface area contributed by atoms with Crippen molar-refractivity contribution in [3.63, 3.8) is 0 Å². The maximum atomic E-state index is 12.3. The van der Waals surface area contributed by atoms with E-state index in [1.165, 1.54) is 24.3 Å². The zero-order valence-corrected chi connectivity index (χ0v) is 15.8. The van der Waals surface area contributed by atoms with Gasteiger partial charge in [-0.3, -0.25) is 4.72 Å². The molecule has 2 aromatic carbocycles. The molecule has 0 aliphatic carbocycles. The summed E-state index contributed by atoms with van der Waals surface area (Å²) >= 11 is 5.78. The second kappa shape index (κ2) is 7.31. The van der Waals surface area contributed by atoms with Crippen LogP contribution in [0, 0.1) is 13.8 Å². The number of hydrogen-bond donors (Lipinski definition) is 2. The Morgan fingerprint density at radius 2 is 1.54 bits per heavy atom. The smallest absolute Gasteiger partial charge is 0.263 e. The number of halogens is 1. The van der Waals surface area contributed by atoms with Gasteiger partial charge in [0.25, 0.3) is 10.0 Å². The predicted molar refractivity (Wildman–Crippen MR) is 103 cm³/mol. The van der Waals surface area contributed by atoms with Crippen LogP contribution in [0.4, 0.5) is 17.3 Å². The minimum Gasteiger partial charge on any atom is -0.339 e. The average Bonchev–Trinajstić information content (AvgIpc) is 2.61. The molecular formula is C18H17ClN4O2S. The number of nitrogens with one attached hydrogen (secondary N) is 2. The van der Waals surface area contributed by atoms with E-state index in [0.717, 1.165) is 16.8 Å². The molecule has 0 amide bonds. The van der Waals surface area contributed by atoms with Crippen LogP contribution >= 0.6 is 11.6 Å². The quantitative estimate of drug-likeness (QED) is 0.681. The van der Waals surface area contributed by atoms with E-state index in [1.54, 1.807) is 12.1 Å². The molecule has 134 valence electrons. The number of hydrogen-bond acceptors (Lipinski definition) is 5. The first-order chi connectivity index (χ1) is 12.3. The Morgan fingerprint density at radius 3 is 2.19 bits per heavy atom. The molecule has 0 radical (unpaired) electrons. The maximum absolute atomic E-state index is 12.3. The molecule has 1 heterocycles. The van der Waals surface area contributed by atoms with Gasteiger partial charge in [-0.25, -0.2) is 8.42 Å². The molecule has 2 N–H and O–H groups in total. The van der Waals surface area contributed by atoms with Gasteiger partial charge < -0.3 is 5.32 Å². The van der Waals surface area contributed by atoms with Gasteiger partial charge in [0, 0.05) is 10.7 Å². The standard InChI is InChI=1S/C18H17ClN4O2S/c1-12-4-3-5-16(13(12)2)20-17-10-11-18(22-21-17)23-26(24,25)15-8-6-14(19)7-9-15/h3-11H,1-2H3,(H,20,21)(H,22,23). The Balaban J connectivity index is 1.75. The van der Waals surface area contributed by atoms with Crippen LogP contribution in [-0.4, -0.2) is 18.6 Å². The minimum atomic E-state index is -3.75. The molecule has 0 aliphatic heterocycles. The van der Waals surface area contributed by atoms with Gasteiger partial charge in [-0.05, 0) is 67.4 Å². The molecule has 3 rings (SSSR count). The van der Waals surface area contributed by atoms with Crippen molar-refractivity contribution in [1.29, 1.82) is 0 Å². The zero-order valence-electron chi connectivity index (χ0n) is 14.2. The van der Waals surface area contributed by atoms with Crippen LogP contribution in [0.1, 0.15) is 11.1 Å². The maximum Gasteiger partial charge on any atom is 0.263 e. The van der Waals surface area contributed by atoms with Gasteiger partial charge in [0.15, 0.2) is 11.6 Å². The van der Waals surface area contributed by atoms with Crippen molar-refractivity contribution in [3.05, 3.63) is 70.7 Å². The number of aromatic nitrogens is 2. The normalized spacial score (nSPS) is 11.2. The number of nitrogens with zero attached hydrogens (tertiary/aromatic N) is 2. The lowest BCUT2D eigenvalue weighted by Gasteiger charge is -2.11. The Hall–Kier alpha value is -2.64. The summed E-state index contributed by atoms with van der Waals surface area (Å²) in [7, 11) is -3.75. The highest BCUT2D eigenvalue weighted by Crippen LogP contribution is 2.22. The molecule has 0 saturated carbocycles. The summed E-state index contributed by atoms with van der Waals surface area (Å²) in [6, 6.07) is 15.0. The Labute approximate surface area is 157 Å². The highest BCUT2D eigenvalue weighted by atomic mass is 35.5. The molecule has 26 heavy (non-hydrogen) atoms. The molecule has 0 spiro atoms. The fourth-order valence-electron chi connectivity index (χ4n) is 2.29. The summed E-state index contributed by atoms with van der Waals surface area (Å²) < 4.78 is 27.1. The molecular weight excluding hydrogens is 372 g/mol. The Morgan fingerprint density at radius 1 is 0.885 bits per heavy atom. The zero-order chi connectivity index (χ0) is 18.7. The van der Waals surface area contributed by atoms with Gasteiger partial charge in [-0.15, -0.1) is 10.2 Å². The molecule has 3 aromatic rings. The lowest BCUT2D eigenvalue weighted by atomic mass is 10.1. The van der Waals surface area contributed by atoms with Crippen LogP contribution in [0.25, 0.3) is 0 Å². The monoisotopic (exact) mass is 388 g/mol. The van der Waals surface area contributed by atoms with Gasteiger partial charge in [-0.2, -0.15) is 0 Å². The van der Waals surface area contributed by atoms with E-state index in [1.807, 2.05) is 32.0 Å². The highest BCUT2D eigenvalue weighted by Gasteiger charge is 2.15. The number of sulfonamides is 1. The summed E-state index contributed by atoms with van der Waals surface area (Å²) in [6.07, 6.45) is 0. The summed E-state index contributed by atoms with van der Waals surface area (Å²) in [6.45, 7) is 4.04. The first kappa shape index (κ1) is 18.2. The van der Waals surface area contributed by atoms with E-state index >= 15 is 0 Å². The highest BCUT2D eigenvalue weighted by molar-refractivity contribution is 7.92. The molecule has 0 fully saturated rings. The van der Waals surface area contributed by atoms with E-state index in [9.17, 15) is 8.42 Å². The van der Waals surface area contributed by atoms with Crippen molar-refractivity contribution in [2.24, 2.45) is 0 Å². The number of aryl methyl sites for hydroxylation is 1. The molecule has 1 aromatic heterocycles. The molecule has 0 saturated heterocycles. The van der Waals surface area contributed by atoms with Crippen molar-refractivity contribution < 1.29 is 8.42 Å². The van der Waals surface area contributed by atoms with Crippen molar-refractivity contribution in [3.8, 4) is 0 Å². The molecule has 0 unspecified atom stereocenters. The van der Waals surface area contributed by atoms with Gasteiger partial charge in [0.2, 0.25) is 0 Å². The van der Waals surface area contributed by atoms with Crippen LogP contribution in [0.15, 0.2) is 59.5 Å².